The van der Waals surface area contributed by atoms with Gasteiger partial charge in [0.15, 0.2) is 6.61 Å². The van der Waals surface area contributed by atoms with Gasteiger partial charge in [-0.15, -0.1) is 0 Å². The molecule has 1 aliphatic heterocycles. The first-order valence-corrected chi connectivity index (χ1v) is 9.40. The summed E-state index contributed by atoms with van der Waals surface area (Å²) in [4.78, 5) is 50.1. The molecule has 1 N–H and O–H groups in total. The fourth-order valence-electron chi connectivity index (χ4n) is 3.16. The van der Waals surface area contributed by atoms with Gasteiger partial charge in [-0.2, -0.15) is 0 Å². The maximum absolute atomic E-state index is 12.3. The molecule has 1 atom stereocenters. The van der Waals surface area contributed by atoms with Gasteiger partial charge in [-0.25, -0.2) is 4.79 Å². The number of rotatable bonds is 6. The number of anilines is 2. The number of methoxy groups -OCH3 is 1. The van der Waals surface area contributed by atoms with Crippen LogP contribution in [0.2, 0.25) is 0 Å². The average Bonchev–Trinajstić information content (AvgIpc) is 3.14. The van der Waals surface area contributed by atoms with Crippen molar-refractivity contribution in [2.75, 3.05) is 30.5 Å². The van der Waals surface area contributed by atoms with Crippen molar-refractivity contribution in [2.24, 2.45) is 5.92 Å². The molecule has 1 saturated heterocycles. The highest BCUT2D eigenvalue weighted by molar-refractivity contribution is 6.02. The van der Waals surface area contributed by atoms with E-state index in [1.807, 2.05) is 31.2 Å². The molecule has 0 aromatic heterocycles. The van der Waals surface area contributed by atoms with Gasteiger partial charge >= 0.3 is 11.9 Å². The van der Waals surface area contributed by atoms with E-state index in [1.165, 1.54) is 18.1 Å². The monoisotopic (exact) mass is 410 g/mol. The van der Waals surface area contributed by atoms with Crippen molar-refractivity contribution >= 4 is 35.1 Å². The number of hydrogen-bond donors (Lipinski definition) is 1. The molecule has 3 rings (SSSR count). The van der Waals surface area contributed by atoms with Crippen LogP contribution in [0.15, 0.2) is 48.5 Å². The Hall–Kier alpha value is -3.68. The molecule has 0 bridgehead atoms. The first kappa shape index (κ1) is 21.0. The third-order valence-corrected chi connectivity index (χ3v) is 4.76. The van der Waals surface area contributed by atoms with Crippen molar-refractivity contribution in [3.63, 3.8) is 0 Å². The Balaban J connectivity index is 1.55. The molecule has 8 heteroatoms. The van der Waals surface area contributed by atoms with Gasteiger partial charge in [0.05, 0.1) is 24.3 Å². The molecule has 1 fully saturated rings. The Bertz CT molecular complexity index is 970. The largest absolute Gasteiger partial charge is 0.465 e. The summed E-state index contributed by atoms with van der Waals surface area (Å²) in [6.07, 6.45) is 0.0273. The Morgan fingerprint density at radius 2 is 1.80 bits per heavy atom. The van der Waals surface area contributed by atoms with Gasteiger partial charge in [-0.05, 0) is 31.2 Å². The molecule has 1 aliphatic rings. The summed E-state index contributed by atoms with van der Waals surface area (Å²) >= 11 is 0. The van der Waals surface area contributed by atoms with Crippen LogP contribution in [0, 0.1) is 12.8 Å². The summed E-state index contributed by atoms with van der Waals surface area (Å²) in [5.74, 6) is -2.62. The highest BCUT2D eigenvalue weighted by Crippen LogP contribution is 2.26. The van der Waals surface area contributed by atoms with E-state index in [1.54, 1.807) is 18.2 Å². The number of hydrogen-bond acceptors (Lipinski definition) is 6. The van der Waals surface area contributed by atoms with Gasteiger partial charge in [-0.1, -0.05) is 29.8 Å². The molecule has 0 unspecified atom stereocenters. The molecule has 2 aromatic carbocycles. The van der Waals surface area contributed by atoms with Crippen LogP contribution >= 0.6 is 0 Å². The van der Waals surface area contributed by atoms with E-state index in [2.05, 4.69) is 10.1 Å². The van der Waals surface area contributed by atoms with Crippen molar-refractivity contribution in [1.82, 2.24) is 0 Å². The Labute approximate surface area is 173 Å². The van der Waals surface area contributed by atoms with Gasteiger partial charge in [0, 0.05) is 18.7 Å². The number of nitrogens with one attached hydrogen (secondary N) is 1. The topological polar surface area (TPSA) is 102 Å². The SMILES string of the molecule is COC(=O)c1ccccc1NC(=O)COC(=O)[C@@H]1CC(=O)N(c2ccc(C)cc2)C1. The van der Waals surface area contributed by atoms with E-state index in [-0.39, 0.29) is 30.1 Å². The zero-order valence-electron chi connectivity index (χ0n) is 16.7. The average molecular weight is 410 g/mol. The molecule has 0 aliphatic carbocycles. The van der Waals surface area contributed by atoms with Gasteiger partial charge in [0.1, 0.15) is 0 Å². The first-order chi connectivity index (χ1) is 14.4. The van der Waals surface area contributed by atoms with Gasteiger partial charge in [-0.3, -0.25) is 14.4 Å². The molecule has 2 aromatic rings. The van der Waals surface area contributed by atoms with Gasteiger partial charge in [0.2, 0.25) is 5.91 Å². The lowest BCUT2D eigenvalue weighted by atomic mass is 10.1. The summed E-state index contributed by atoms with van der Waals surface area (Å²) in [7, 11) is 1.24. The Kier molecular flexibility index (Phi) is 6.46. The molecule has 0 radical (unpaired) electrons. The number of amides is 2. The summed E-state index contributed by atoms with van der Waals surface area (Å²) in [5.41, 5.74) is 2.24. The number of ether oxygens (including phenoxy) is 2. The highest BCUT2D eigenvalue weighted by atomic mass is 16.5. The zero-order chi connectivity index (χ0) is 21.7. The fraction of sp³-hybridized carbons (Fsp3) is 0.273. The van der Waals surface area contributed by atoms with Crippen molar-refractivity contribution in [3.05, 3.63) is 59.7 Å². The lowest BCUT2D eigenvalue weighted by Gasteiger charge is -2.16. The summed E-state index contributed by atoms with van der Waals surface area (Å²) in [6.45, 7) is 1.63. The van der Waals surface area contributed by atoms with E-state index >= 15 is 0 Å². The molecule has 8 nitrogen and oxygen atoms in total. The minimum absolute atomic E-state index is 0.0273. The minimum atomic E-state index is -0.644. The molecular formula is C22H22N2O6. The maximum atomic E-state index is 12.3. The molecule has 2 amide bonds. The van der Waals surface area contributed by atoms with Gasteiger partial charge in [0.25, 0.3) is 5.91 Å². The second-order valence-corrected chi connectivity index (χ2v) is 6.93. The number of carbonyl (C=O) groups is 4. The van der Waals surface area contributed by atoms with E-state index in [4.69, 9.17) is 4.74 Å². The number of esters is 2. The minimum Gasteiger partial charge on any atom is -0.465 e. The lowest BCUT2D eigenvalue weighted by Crippen LogP contribution is -2.28. The van der Waals surface area contributed by atoms with E-state index in [0.717, 1.165) is 11.3 Å². The normalized spacial score (nSPS) is 15.6. The van der Waals surface area contributed by atoms with Crippen molar-refractivity contribution < 1.29 is 28.7 Å². The van der Waals surface area contributed by atoms with Crippen LogP contribution in [0.5, 0.6) is 0 Å². The van der Waals surface area contributed by atoms with E-state index < -0.39 is 30.4 Å². The second-order valence-electron chi connectivity index (χ2n) is 6.93. The third-order valence-electron chi connectivity index (χ3n) is 4.76. The van der Waals surface area contributed by atoms with E-state index in [0.29, 0.717) is 0 Å². The van der Waals surface area contributed by atoms with Crippen LogP contribution in [0.25, 0.3) is 0 Å². The summed E-state index contributed by atoms with van der Waals surface area (Å²) in [5, 5.41) is 2.53. The molecule has 30 heavy (non-hydrogen) atoms. The number of para-hydroxylation sites is 1. The lowest BCUT2D eigenvalue weighted by molar-refractivity contribution is -0.151. The standard InChI is InChI=1S/C22H22N2O6/c1-14-7-9-16(10-8-14)24-12-15(11-20(24)26)21(27)30-13-19(25)23-18-6-4-3-5-17(18)22(28)29-2/h3-10,15H,11-13H2,1-2H3,(H,23,25)/t15-/m1/s1. The number of nitrogens with zero attached hydrogens (tertiary/aromatic N) is 1. The molecule has 156 valence electrons. The van der Waals surface area contributed by atoms with Crippen molar-refractivity contribution in [1.29, 1.82) is 0 Å². The smallest absolute Gasteiger partial charge is 0.339 e. The zero-order valence-corrected chi connectivity index (χ0v) is 16.7. The van der Waals surface area contributed by atoms with Crippen LogP contribution in [0.1, 0.15) is 22.3 Å². The van der Waals surface area contributed by atoms with Gasteiger partial charge < -0.3 is 19.7 Å². The highest BCUT2D eigenvalue weighted by Gasteiger charge is 2.36. The van der Waals surface area contributed by atoms with Crippen LogP contribution in [-0.4, -0.2) is 44.0 Å². The summed E-state index contributed by atoms with van der Waals surface area (Å²) < 4.78 is 9.77. The second kappa shape index (κ2) is 9.21. The van der Waals surface area contributed by atoms with Crippen LogP contribution in [0.4, 0.5) is 11.4 Å². The molecule has 0 spiro atoms. The first-order valence-electron chi connectivity index (χ1n) is 9.40. The van der Waals surface area contributed by atoms with Crippen molar-refractivity contribution in [2.45, 2.75) is 13.3 Å². The molecule has 1 heterocycles. The van der Waals surface area contributed by atoms with E-state index in [9.17, 15) is 19.2 Å². The summed E-state index contributed by atoms with van der Waals surface area (Å²) in [6, 6.07) is 13.8. The predicted octanol–water partition coefficient (Wildman–Crippen LogP) is 2.32. The third kappa shape index (κ3) is 4.83. The molecular weight excluding hydrogens is 388 g/mol. The number of carbonyl (C=O) groups excluding carboxylic acids is 4. The Morgan fingerprint density at radius 3 is 2.50 bits per heavy atom. The fourth-order valence-corrected chi connectivity index (χ4v) is 3.16. The van der Waals surface area contributed by atoms with Crippen LogP contribution in [-0.2, 0) is 23.9 Å². The quantitative estimate of drug-likeness (QED) is 0.734. The molecule has 0 saturated carbocycles. The van der Waals surface area contributed by atoms with Crippen LogP contribution < -0.4 is 10.2 Å². The van der Waals surface area contributed by atoms with Crippen LogP contribution in [0.3, 0.4) is 0 Å². The number of aryl methyl sites for hydroxylation is 1. The van der Waals surface area contributed by atoms with Crippen molar-refractivity contribution in [3.8, 4) is 0 Å². The number of benzene rings is 2. The maximum Gasteiger partial charge on any atom is 0.339 e. The predicted molar refractivity (Wildman–Crippen MR) is 109 cm³/mol. The Morgan fingerprint density at radius 1 is 1.10 bits per heavy atom.